The van der Waals surface area contributed by atoms with Gasteiger partial charge < -0.3 is 10.3 Å². The van der Waals surface area contributed by atoms with Crippen LogP contribution in [0.3, 0.4) is 0 Å². The number of carbonyl (C=O) groups excluding carboxylic acids is 1. The Labute approximate surface area is 106 Å². The highest BCUT2D eigenvalue weighted by molar-refractivity contribution is 5.90. The minimum Gasteiger partial charge on any atom is -0.338 e. The molecule has 2 heterocycles. The van der Waals surface area contributed by atoms with E-state index in [4.69, 9.17) is 10.3 Å². The number of likely N-dealkylation sites (tertiary alicyclic amines) is 1. The fraction of sp³-hybridized carbons (Fsp3) is 0.600. The molecule has 1 aliphatic rings. The lowest BCUT2D eigenvalue weighted by Gasteiger charge is -2.13. The fourth-order valence-corrected chi connectivity index (χ4v) is 1.81. The van der Waals surface area contributed by atoms with Crippen LogP contribution in [0.2, 0.25) is 0 Å². The number of hydrogen-bond acceptors (Lipinski definition) is 5. The molecule has 1 fully saturated rings. The number of nitrogens with one attached hydrogen (secondary N) is 1. The molecule has 7 heteroatoms. The van der Waals surface area contributed by atoms with Crippen LogP contribution in [0.25, 0.3) is 0 Å². The third-order valence-electron chi connectivity index (χ3n) is 2.57. The second kappa shape index (κ2) is 6.00. The molecule has 0 spiro atoms. The lowest BCUT2D eigenvalue weighted by Crippen LogP contribution is -2.33. The van der Waals surface area contributed by atoms with Crippen LogP contribution < -0.4 is 11.1 Å². The largest absolute Gasteiger partial charge is 0.338 e. The molecule has 0 saturated carbocycles. The maximum Gasteiger partial charge on any atom is 0.240 e. The maximum absolute atomic E-state index is 11.6. The minimum atomic E-state index is -0.0924. The molecule has 1 aromatic rings. The number of carbonyl (C=O) groups is 1. The van der Waals surface area contributed by atoms with Crippen molar-refractivity contribution in [2.45, 2.75) is 19.4 Å². The first-order chi connectivity index (χ1) is 7.63. The van der Waals surface area contributed by atoms with E-state index in [1.165, 1.54) is 0 Å². The van der Waals surface area contributed by atoms with Gasteiger partial charge in [0.25, 0.3) is 0 Å². The SMILES string of the molecule is Cc1cc(NC(=O)CN2CC[C@H](N)C2)on1.Cl. The summed E-state index contributed by atoms with van der Waals surface area (Å²) in [5.74, 6) is 0.302. The highest BCUT2D eigenvalue weighted by Crippen LogP contribution is 2.10. The molecule has 96 valence electrons. The Kier molecular flexibility index (Phi) is 4.92. The molecule has 17 heavy (non-hydrogen) atoms. The first-order valence-electron chi connectivity index (χ1n) is 5.34. The molecule has 0 aromatic carbocycles. The van der Waals surface area contributed by atoms with Crippen molar-refractivity contribution in [1.29, 1.82) is 0 Å². The van der Waals surface area contributed by atoms with Crippen LogP contribution in [0.4, 0.5) is 5.88 Å². The monoisotopic (exact) mass is 260 g/mol. The number of nitrogens with two attached hydrogens (primary N) is 1. The van der Waals surface area contributed by atoms with Crippen molar-refractivity contribution in [2.75, 3.05) is 25.0 Å². The van der Waals surface area contributed by atoms with E-state index in [9.17, 15) is 4.79 Å². The molecule has 0 bridgehead atoms. The van der Waals surface area contributed by atoms with E-state index in [1.54, 1.807) is 13.0 Å². The smallest absolute Gasteiger partial charge is 0.240 e. The van der Waals surface area contributed by atoms with E-state index < -0.39 is 0 Å². The van der Waals surface area contributed by atoms with E-state index >= 15 is 0 Å². The summed E-state index contributed by atoms with van der Waals surface area (Å²) in [5.41, 5.74) is 6.50. The van der Waals surface area contributed by atoms with Crippen LogP contribution in [0.15, 0.2) is 10.6 Å². The normalized spacial score (nSPS) is 20.0. The van der Waals surface area contributed by atoms with Crippen molar-refractivity contribution < 1.29 is 9.32 Å². The predicted molar refractivity (Wildman–Crippen MR) is 66.2 cm³/mol. The van der Waals surface area contributed by atoms with Crippen molar-refractivity contribution in [1.82, 2.24) is 10.1 Å². The van der Waals surface area contributed by atoms with Gasteiger partial charge in [-0.2, -0.15) is 0 Å². The summed E-state index contributed by atoms with van der Waals surface area (Å²) >= 11 is 0. The molecule has 0 radical (unpaired) electrons. The van der Waals surface area contributed by atoms with Gasteiger partial charge in [0.05, 0.1) is 12.2 Å². The van der Waals surface area contributed by atoms with Crippen molar-refractivity contribution >= 4 is 24.2 Å². The zero-order chi connectivity index (χ0) is 11.5. The van der Waals surface area contributed by atoms with E-state index in [2.05, 4.69) is 10.5 Å². The Morgan fingerprint density at radius 3 is 3.06 bits per heavy atom. The summed E-state index contributed by atoms with van der Waals surface area (Å²) in [4.78, 5) is 13.6. The molecule has 3 N–H and O–H groups in total. The quantitative estimate of drug-likeness (QED) is 0.821. The Morgan fingerprint density at radius 2 is 2.53 bits per heavy atom. The summed E-state index contributed by atoms with van der Waals surface area (Å²) in [7, 11) is 0. The molecule has 1 aromatic heterocycles. The summed E-state index contributed by atoms with van der Waals surface area (Å²) in [6.45, 7) is 3.82. The van der Waals surface area contributed by atoms with Gasteiger partial charge in [0, 0.05) is 25.2 Å². The van der Waals surface area contributed by atoms with Gasteiger partial charge in [0.1, 0.15) is 0 Å². The number of anilines is 1. The van der Waals surface area contributed by atoms with Crippen LogP contribution >= 0.6 is 12.4 Å². The number of hydrogen-bond donors (Lipinski definition) is 2. The van der Waals surface area contributed by atoms with E-state index in [-0.39, 0.29) is 24.4 Å². The maximum atomic E-state index is 11.6. The zero-order valence-electron chi connectivity index (χ0n) is 9.68. The minimum absolute atomic E-state index is 0. The summed E-state index contributed by atoms with van der Waals surface area (Å²) in [6.07, 6.45) is 0.953. The Bertz CT molecular complexity index is 382. The Hall–Kier alpha value is -1.11. The second-order valence-corrected chi connectivity index (χ2v) is 4.16. The molecule has 1 atom stereocenters. The van der Waals surface area contributed by atoms with Gasteiger partial charge in [0.15, 0.2) is 0 Å². The molecule has 0 aliphatic carbocycles. The first-order valence-corrected chi connectivity index (χ1v) is 5.34. The predicted octanol–water partition coefficient (Wildman–Crippen LogP) is 0.376. The van der Waals surface area contributed by atoms with Gasteiger partial charge in [-0.3, -0.25) is 15.0 Å². The summed E-state index contributed by atoms with van der Waals surface area (Å²) < 4.78 is 4.90. The molecular weight excluding hydrogens is 244 g/mol. The third kappa shape index (κ3) is 3.99. The number of halogens is 1. The van der Waals surface area contributed by atoms with Gasteiger partial charge in [-0.25, -0.2) is 0 Å². The zero-order valence-corrected chi connectivity index (χ0v) is 10.5. The highest BCUT2D eigenvalue weighted by atomic mass is 35.5. The second-order valence-electron chi connectivity index (χ2n) is 4.16. The van der Waals surface area contributed by atoms with Crippen LogP contribution in [-0.4, -0.2) is 41.6 Å². The van der Waals surface area contributed by atoms with Crippen LogP contribution in [0.1, 0.15) is 12.1 Å². The number of rotatable bonds is 3. The first kappa shape index (κ1) is 14.0. The Morgan fingerprint density at radius 1 is 1.76 bits per heavy atom. The third-order valence-corrected chi connectivity index (χ3v) is 2.57. The lowest BCUT2D eigenvalue weighted by atomic mass is 10.3. The van der Waals surface area contributed by atoms with E-state index in [1.807, 2.05) is 4.90 Å². The van der Waals surface area contributed by atoms with Crippen molar-refractivity contribution in [3.63, 3.8) is 0 Å². The fourth-order valence-electron chi connectivity index (χ4n) is 1.81. The van der Waals surface area contributed by atoms with Gasteiger partial charge in [-0.15, -0.1) is 12.4 Å². The van der Waals surface area contributed by atoms with Crippen LogP contribution in [0.5, 0.6) is 0 Å². The van der Waals surface area contributed by atoms with E-state index in [0.717, 1.165) is 25.2 Å². The molecule has 1 saturated heterocycles. The molecular formula is C10H17ClN4O2. The molecule has 2 rings (SSSR count). The van der Waals surface area contributed by atoms with Gasteiger partial charge in [-0.05, 0) is 13.3 Å². The molecule has 0 unspecified atom stereocenters. The topological polar surface area (TPSA) is 84.4 Å². The van der Waals surface area contributed by atoms with Crippen molar-refractivity contribution in [3.05, 3.63) is 11.8 Å². The van der Waals surface area contributed by atoms with Crippen LogP contribution in [0, 0.1) is 6.92 Å². The Balaban J connectivity index is 0.00000144. The lowest BCUT2D eigenvalue weighted by molar-refractivity contribution is -0.117. The number of nitrogens with zero attached hydrogens (tertiary/aromatic N) is 2. The number of aryl methyl sites for hydroxylation is 1. The standard InChI is InChI=1S/C10H16N4O2.ClH/c1-7-4-10(16-13-7)12-9(15)6-14-3-2-8(11)5-14;/h4,8H,2-3,5-6,11H2,1H3,(H,12,15);1H/t8-;/m0./s1. The van der Waals surface area contributed by atoms with Gasteiger partial charge in [0.2, 0.25) is 11.8 Å². The highest BCUT2D eigenvalue weighted by Gasteiger charge is 2.21. The van der Waals surface area contributed by atoms with Gasteiger partial charge >= 0.3 is 0 Å². The van der Waals surface area contributed by atoms with Crippen molar-refractivity contribution in [3.8, 4) is 0 Å². The van der Waals surface area contributed by atoms with Crippen LogP contribution in [-0.2, 0) is 4.79 Å². The van der Waals surface area contributed by atoms with E-state index in [0.29, 0.717) is 12.4 Å². The molecule has 6 nitrogen and oxygen atoms in total. The molecule has 1 aliphatic heterocycles. The average molecular weight is 261 g/mol. The number of amides is 1. The number of aromatic nitrogens is 1. The summed E-state index contributed by atoms with van der Waals surface area (Å²) in [5, 5.41) is 6.34. The average Bonchev–Trinajstić information content (AvgIpc) is 2.76. The van der Waals surface area contributed by atoms with Crippen molar-refractivity contribution in [2.24, 2.45) is 5.73 Å². The molecule has 1 amide bonds. The summed E-state index contributed by atoms with van der Waals surface area (Å²) in [6, 6.07) is 1.88. The van der Waals surface area contributed by atoms with Gasteiger partial charge in [-0.1, -0.05) is 5.16 Å².